The Hall–Kier alpha value is -0.600. The number of rotatable bonds is 8. The van der Waals surface area contributed by atoms with E-state index in [1.807, 2.05) is 0 Å². The minimum atomic E-state index is -0.182. The van der Waals surface area contributed by atoms with Gasteiger partial charge in [0.05, 0.1) is 0 Å². The van der Waals surface area contributed by atoms with Crippen molar-refractivity contribution in [3.8, 4) is 0 Å². The highest BCUT2D eigenvalue weighted by Gasteiger charge is 2.23. The van der Waals surface area contributed by atoms with E-state index in [2.05, 4.69) is 26.1 Å². The molecule has 1 nitrogen and oxygen atoms in total. The van der Waals surface area contributed by atoms with Gasteiger partial charge in [0, 0.05) is 23.0 Å². The Morgan fingerprint density at radius 1 is 1.26 bits per heavy atom. The Kier molecular flexibility index (Phi) is 7.40. The van der Waals surface area contributed by atoms with Crippen molar-refractivity contribution in [1.29, 1.82) is 0 Å². The third-order valence-electron chi connectivity index (χ3n) is 3.59. The first-order valence-corrected chi connectivity index (χ1v) is 7.64. The molecule has 2 atom stereocenters. The highest BCUT2D eigenvalue weighted by Crippen LogP contribution is 2.34. The molecule has 19 heavy (non-hydrogen) atoms. The van der Waals surface area contributed by atoms with Crippen molar-refractivity contribution in [3.05, 3.63) is 34.6 Å². The summed E-state index contributed by atoms with van der Waals surface area (Å²) in [7, 11) is 0. The van der Waals surface area contributed by atoms with E-state index in [9.17, 15) is 4.39 Å². The fourth-order valence-corrected chi connectivity index (χ4v) is 2.85. The molecule has 108 valence electrons. The standard InChI is InChI=1S/C16H25ClFN/c1-4-7-12(3)13(11-19-10-5-2)16-14(17)8-6-9-15(16)18/h6,8-9,12-13,19H,4-5,7,10-11H2,1-3H3. The topological polar surface area (TPSA) is 12.0 Å². The van der Waals surface area contributed by atoms with Gasteiger partial charge in [0.15, 0.2) is 0 Å². The summed E-state index contributed by atoms with van der Waals surface area (Å²) >= 11 is 6.21. The molecule has 0 saturated carbocycles. The summed E-state index contributed by atoms with van der Waals surface area (Å²) < 4.78 is 14.1. The molecule has 3 heteroatoms. The minimum absolute atomic E-state index is 0.139. The summed E-state index contributed by atoms with van der Waals surface area (Å²) in [5.41, 5.74) is 0.675. The van der Waals surface area contributed by atoms with Gasteiger partial charge in [0.2, 0.25) is 0 Å². The van der Waals surface area contributed by atoms with Crippen LogP contribution in [-0.4, -0.2) is 13.1 Å². The first-order chi connectivity index (χ1) is 9.11. The molecular formula is C16H25ClFN. The Bertz CT molecular complexity index is 361. The predicted molar refractivity (Wildman–Crippen MR) is 81.4 cm³/mol. The molecule has 0 spiro atoms. The largest absolute Gasteiger partial charge is 0.316 e. The van der Waals surface area contributed by atoms with Crippen LogP contribution in [0.15, 0.2) is 18.2 Å². The van der Waals surface area contributed by atoms with Gasteiger partial charge in [0.25, 0.3) is 0 Å². The van der Waals surface area contributed by atoms with E-state index >= 15 is 0 Å². The molecular weight excluding hydrogens is 261 g/mol. The van der Waals surface area contributed by atoms with Crippen LogP contribution in [0.5, 0.6) is 0 Å². The molecule has 1 rings (SSSR count). The molecule has 0 saturated heterocycles. The molecule has 0 aliphatic heterocycles. The molecule has 1 aromatic carbocycles. The molecule has 0 amide bonds. The van der Waals surface area contributed by atoms with Gasteiger partial charge >= 0.3 is 0 Å². The first-order valence-electron chi connectivity index (χ1n) is 7.26. The SMILES string of the molecule is CCCNCC(c1c(F)cccc1Cl)C(C)CCC. The van der Waals surface area contributed by atoms with Crippen LogP contribution >= 0.6 is 11.6 Å². The van der Waals surface area contributed by atoms with Crippen molar-refractivity contribution in [1.82, 2.24) is 5.32 Å². The summed E-state index contributed by atoms with van der Waals surface area (Å²) in [5, 5.41) is 3.95. The number of halogens is 2. The molecule has 0 heterocycles. The maximum absolute atomic E-state index is 14.1. The van der Waals surface area contributed by atoms with E-state index in [0.29, 0.717) is 16.5 Å². The first kappa shape index (κ1) is 16.5. The van der Waals surface area contributed by atoms with E-state index in [-0.39, 0.29) is 11.7 Å². The maximum Gasteiger partial charge on any atom is 0.128 e. The van der Waals surface area contributed by atoms with Crippen LogP contribution in [0, 0.1) is 11.7 Å². The molecule has 0 bridgehead atoms. The fraction of sp³-hybridized carbons (Fsp3) is 0.625. The Morgan fingerprint density at radius 2 is 2.00 bits per heavy atom. The van der Waals surface area contributed by atoms with E-state index < -0.39 is 0 Å². The monoisotopic (exact) mass is 285 g/mol. The number of hydrogen-bond donors (Lipinski definition) is 1. The van der Waals surface area contributed by atoms with Crippen LogP contribution in [-0.2, 0) is 0 Å². The second kappa shape index (κ2) is 8.55. The second-order valence-electron chi connectivity index (χ2n) is 5.21. The van der Waals surface area contributed by atoms with Crippen molar-refractivity contribution < 1.29 is 4.39 Å². The third-order valence-corrected chi connectivity index (χ3v) is 3.92. The van der Waals surface area contributed by atoms with Crippen molar-refractivity contribution in [2.45, 2.75) is 46.0 Å². The van der Waals surface area contributed by atoms with Gasteiger partial charge in [-0.2, -0.15) is 0 Å². The zero-order chi connectivity index (χ0) is 14.3. The van der Waals surface area contributed by atoms with Gasteiger partial charge in [-0.3, -0.25) is 0 Å². The average molecular weight is 286 g/mol. The highest BCUT2D eigenvalue weighted by atomic mass is 35.5. The molecule has 1 aromatic rings. The Morgan fingerprint density at radius 3 is 2.58 bits per heavy atom. The lowest BCUT2D eigenvalue weighted by Gasteiger charge is -2.26. The van der Waals surface area contributed by atoms with Crippen molar-refractivity contribution >= 4 is 11.6 Å². The lowest BCUT2D eigenvalue weighted by Crippen LogP contribution is -2.27. The average Bonchev–Trinajstić information content (AvgIpc) is 2.37. The van der Waals surface area contributed by atoms with E-state index in [0.717, 1.165) is 32.4 Å². The Labute approximate surface area is 121 Å². The van der Waals surface area contributed by atoms with Crippen LogP contribution < -0.4 is 5.32 Å². The third kappa shape index (κ3) is 4.77. The van der Waals surface area contributed by atoms with Gasteiger partial charge < -0.3 is 5.32 Å². The molecule has 0 radical (unpaired) electrons. The quantitative estimate of drug-likeness (QED) is 0.663. The van der Waals surface area contributed by atoms with Crippen LogP contribution in [0.4, 0.5) is 4.39 Å². The van der Waals surface area contributed by atoms with Crippen LogP contribution in [0.3, 0.4) is 0 Å². The normalized spacial score (nSPS) is 14.4. The van der Waals surface area contributed by atoms with Gasteiger partial charge in [-0.15, -0.1) is 0 Å². The maximum atomic E-state index is 14.1. The molecule has 0 aromatic heterocycles. The molecule has 0 aliphatic carbocycles. The highest BCUT2D eigenvalue weighted by molar-refractivity contribution is 6.31. The molecule has 1 N–H and O–H groups in total. The van der Waals surface area contributed by atoms with Gasteiger partial charge in [-0.25, -0.2) is 4.39 Å². The molecule has 0 aliphatic rings. The number of hydrogen-bond acceptors (Lipinski definition) is 1. The minimum Gasteiger partial charge on any atom is -0.316 e. The fourth-order valence-electron chi connectivity index (χ4n) is 2.54. The van der Waals surface area contributed by atoms with E-state index in [1.165, 1.54) is 6.07 Å². The van der Waals surface area contributed by atoms with Crippen LogP contribution in [0.1, 0.15) is 51.5 Å². The Balaban J connectivity index is 2.94. The predicted octanol–water partition coefficient (Wildman–Crippen LogP) is 5.00. The van der Waals surface area contributed by atoms with Crippen LogP contribution in [0.2, 0.25) is 5.02 Å². The lowest BCUT2D eigenvalue weighted by atomic mass is 9.84. The van der Waals surface area contributed by atoms with Gasteiger partial charge in [-0.05, 0) is 31.0 Å². The smallest absolute Gasteiger partial charge is 0.128 e. The summed E-state index contributed by atoms with van der Waals surface area (Å²) in [6.45, 7) is 8.23. The van der Waals surface area contributed by atoms with Crippen molar-refractivity contribution in [3.63, 3.8) is 0 Å². The van der Waals surface area contributed by atoms with E-state index in [1.54, 1.807) is 12.1 Å². The van der Waals surface area contributed by atoms with Crippen LogP contribution in [0.25, 0.3) is 0 Å². The van der Waals surface area contributed by atoms with Gasteiger partial charge in [0.1, 0.15) is 5.82 Å². The molecule has 0 fully saturated rings. The zero-order valence-corrected chi connectivity index (χ0v) is 12.9. The number of nitrogens with one attached hydrogen (secondary N) is 1. The summed E-state index contributed by atoms with van der Waals surface area (Å²) in [5.74, 6) is 0.378. The van der Waals surface area contributed by atoms with Gasteiger partial charge in [-0.1, -0.05) is 51.3 Å². The summed E-state index contributed by atoms with van der Waals surface area (Å²) in [6.07, 6.45) is 3.28. The zero-order valence-electron chi connectivity index (χ0n) is 12.2. The van der Waals surface area contributed by atoms with E-state index in [4.69, 9.17) is 11.6 Å². The lowest BCUT2D eigenvalue weighted by molar-refractivity contribution is 0.393. The number of benzene rings is 1. The van der Waals surface area contributed by atoms with Crippen molar-refractivity contribution in [2.75, 3.05) is 13.1 Å². The molecule has 2 unspecified atom stereocenters. The summed E-state index contributed by atoms with van der Waals surface area (Å²) in [6, 6.07) is 4.96. The second-order valence-corrected chi connectivity index (χ2v) is 5.62. The van der Waals surface area contributed by atoms with Crippen molar-refractivity contribution in [2.24, 2.45) is 5.92 Å². The summed E-state index contributed by atoms with van der Waals surface area (Å²) in [4.78, 5) is 0.